The van der Waals surface area contributed by atoms with Gasteiger partial charge in [0.1, 0.15) is 0 Å². The minimum Gasteiger partial charge on any atom is -0.480 e. The Kier molecular flexibility index (Phi) is 4.16. The molecule has 0 unspecified atom stereocenters. The number of benzene rings is 1. The lowest BCUT2D eigenvalue weighted by molar-refractivity contribution is -0.138. The van der Waals surface area contributed by atoms with Crippen LogP contribution in [0.2, 0.25) is 0 Å². The Morgan fingerprint density at radius 3 is 2.79 bits per heavy atom. The summed E-state index contributed by atoms with van der Waals surface area (Å²) in [5.74, 6) is -0.967. The fraction of sp³-hybridized carbons (Fsp3) is 0.429. The number of anilines is 1. The lowest BCUT2D eigenvalue weighted by Crippen LogP contribution is -2.42. The molecule has 1 aliphatic heterocycles. The van der Waals surface area contributed by atoms with Gasteiger partial charge >= 0.3 is 5.97 Å². The van der Waals surface area contributed by atoms with Crippen molar-refractivity contribution in [2.45, 2.75) is 12.8 Å². The van der Waals surface area contributed by atoms with Crippen molar-refractivity contribution in [1.82, 2.24) is 4.90 Å². The van der Waals surface area contributed by atoms with E-state index in [9.17, 15) is 9.59 Å². The number of amides is 1. The first kappa shape index (κ1) is 13.5. The number of aryl methyl sites for hydroxylation is 1. The van der Waals surface area contributed by atoms with Crippen molar-refractivity contribution in [2.75, 3.05) is 31.6 Å². The second kappa shape index (κ2) is 5.84. The summed E-state index contributed by atoms with van der Waals surface area (Å²) in [6, 6.07) is 7.88. The molecule has 1 aromatic carbocycles. The number of nitrogens with zero attached hydrogens (tertiary/aromatic N) is 2. The highest BCUT2D eigenvalue weighted by Crippen LogP contribution is 2.26. The van der Waals surface area contributed by atoms with E-state index in [1.54, 1.807) is 11.9 Å². The van der Waals surface area contributed by atoms with E-state index in [0.717, 1.165) is 18.5 Å². The van der Waals surface area contributed by atoms with Crippen LogP contribution >= 0.6 is 0 Å². The monoisotopic (exact) mass is 262 g/mol. The summed E-state index contributed by atoms with van der Waals surface area (Å²) >= 11 is 0. The summed E-state index contributed by atoms with van der Waals surface area (Å²) in [7, 11) is 1.64. The zero-order chi connectivity index (χ0) is 13.8. The maximum absolute atomic E-state index is 12.2. The number of hydrogen-bond donors (Lipinski definition) is 1. The Balaban J connectivity index is 2.06. The molecule has 1 amide bonds. The molecule has 0 spiro atoms. The number of carbonyl (C=O) groups is 2. The van der Waals surface area contributed by atoms with Crippen LogP contribution in [-0.2, 0) is 16.0 Å². The van der Waals surface area contributed by atoms with E-state index < -0.39 is 5.97 Å². The van der Waals surface area contributed by atoms with E-state index in [1.165, 1.54) is 10.5 Å². The van der Waals surface area contributed by atoms with Gasteiger partial charge in [-0.15, -0.1) is 0 Å². The standard InChI is InChI=1S/C14H18N2O3/c1-15(10-14(18)19)9-13(17)16-8-4-6-11-5-2-3-7-12(11)16/h2-3,5,7H,4,6,8-10H2,1H3,(H,18,19). The molecule has 102 valence electrons. The van der Waals surface area contributed by atoms with E-state index in [0.29, 0.717) is 6.54 Å². The summed E-state index contributed by atoms with van der Waals surface area (Å²) < 4.78 is 0. The zero-order valence-corrected chi connectivity index (χ0v) is 11.0. The minimum atomic E-state index is -0.922. The van der Waals surface area contributed by atoms with Gasteiger partial charge in [-0.05, 0) is 31.5 Å². The van der Waals surface area contributed by atoms with Crippen LogP contribution in [0.4, 0.5) is 5.69 Å². The highest BCUT2D eigenvalue weighted by Gasteiger charge is 2.23. The van der Waals surface area contributed by atoms with Crippen LogP contribution in [0.1, 0.15) is 12.0 Å². The highest BCUT2D eigenvalue weighted by atomic mass is 16.4. The predicted octanol–water partition coefficient (Wildman–Crippen LogP) is 0.982. The number of rotatable bonds is 4. The molecule has 0 atom stereocenters. The molecular weight excluding hydrogens is 244 g/mol. The molecule has 0 saturated heterocycles. The van der Waals surface area contributed by atoms with Gasteiger partial charge in [-0.25, -0.2) is 0 Å². The number of carboxylic acids is 1. The molecule has 19 heavy (non-hydrogen) atoms. The molecule has 0 aliphatic carbocycles. The van der Waals surface area contributed by atoms with Crippen LogP contribution in [0.3, 0.4) is 0 Å². The minimum absolute atomic E-state index is 0.0455. The van der Waals surface area contributed by atoms with Gasteiger partial charge in [0, 0.05) is 12.2 Å². The van der Waals surface area contributed by atoms with Crippen LogP contribution in [-0.4, -0.2) is 48.6 Å². The molecule has 5 heteroatoms. The Hall–Kier alpha value is -1.88. The third-order valence-electron chi connectivity index (χ3n) is 3.22. The van der Waals surface area contributed by atoms with Crippen molar-refractivity contribution in [3.63, 3.8) is 0 Å². The second-order valence-corrected chi connectivity index (χ2v) is 4.84. The molecule has 1 aliphatic rings. The normalized spacial score (nSPS) is 14.3. The molecule has 0 bridgehead atoms. The Labute approximate surface area is 112 Å². The fourth-order valence-electron chi connectivity index (χ4n) is 2.40. The fourth-order valence-corrected chi connectivity index (χ4v) is 2.40. The summed E-state index contributed by atoms with van der Waals surface area (Å²) in [4.78, 5) is 26.1. The molecule has 1 aromatic rings. The second-order valence-electron chi connectivity index (χ2n) is 4.84. The largest absolute Gasteiger partial charge is 0.480 e. The quantitative estimate of drug-likeness (QED) is 0.878. The number of likely N-dealkylation sites (N-methyl/N-ethyl adjacent to an activating group) is 1. The molecule has 1 N–H and O–H groups in total. The lowest BCUT2D eigenvalue weighted by Gasteiger charge is -2.30. The summed E-state index contributed by atoms with van der Waals surface area (Å²) in [6.07, 6.45) is 1.94. The van der Waals surface area contributed by atoms with E-state index in [4.69, 9.17) is 5.11 Å². The van der Waals surface area contributed by atoms with Gasteiger partial charge in [0.25, 0.3) is 0 Å². The van der Waals surface area contributed by atoms with E-state index in [2.05, 4.69) is 0 Å². The van der Waals surface area contributed by atoms with Crippen LogP contribution in [0, 0.1) is 0 Å². The number of aliphatic carboxylic acids is 1. The van der Waals surface area contributed by atoms with Crippen molar-refractivity contribution in [3.05, 3.63) is 29.8 Å². The first-order valence-electron chi connectivity index (χ1n) is 6.36. The smallest absolute Gasteiger partial charge is 0.317 e. The van der Waals surface area contributed by atoms with E-state index >= 15 is 0 Å². The lowest BCUT2D eigenvalue weighted by atomic mass is 10.0. The average molecular weight is 262 g/mol. The van der Waals surface area contributed by atoms with Crippen molar-refractivity contribution in [1.29, 1.82) is 0 Å². The van der Waals surface area contributed by atoms with E-state index in [1.807, 2.05) is 24.3 Å². The third kappa shape index (κ3) is 3.32. The van der Waals surface area contributed by atoms with Gasteiger partial charge in [0.15, 0.2) is 0 Å². The average Bonchev–Trinajstić information content (AvgIpc) is 2.36. The van der Waals surface area contributed by atoms with Crippen LogP contribution < -0.4 is 4.90 Å². The van der Waals surface area contributed by atoms with Crippen molar-refractivity contribution in [2.24, 2.45) is 0 Å². The van der Waals surface area contributed by atoms with Crippen LogP contribution in [0.25, 0.3) is 0 Å². The van der Waals surface area contributed by atoms with Gasteiger partial charge < -0.3 is 10.0 Å². The maximum atomic E-state index is 12.2. The molecule has 0 aromatic heterocycles. The third-order valence-corrected chi connectivity index (χ3v) is 3.22. The van der Waals surface area contributed by atoms with Crippen molar-refractivity contribution < 1.29 is 14.7 Å². The molecular formula is C14H18N2O3. The highest BCUT2D eigenvalue weighted by molar-refractivity contribution is 5.96. The van der Waals surface area contributed by atoms with Crippen LogP contribution in [0.15, 0.2) is 24.3 Å². The molecule has 1 heterocycles. The Morgan fingerprint density at radius 2 is 2.05 bits per heavy atom. The van der Waals surface area contributed by atoms with Gasteiger partial charge in [-0.2, -0.15) is 0 Å². The van der Waals surface area contributed by atoms with Gasteiger partial charge in [-0.1, -0.05) is 18.2 Å². The molecule has 2 rings (SSSR count). The topological polar surface area (TPSA) is 60.9 Å². The molecule has 0 saturated carbocycles. The Bertz CT molecular complexity index is 487. The molecule has 0 radical (unpaired) electrons. The zero-order valence-electron chi connectivity index (χ0n) is 11.0. The summed E-state index contributed by atoms with van der Waals surface area (Å²) in [6.45, 7) is 0.707. The van der Waals surface area contributed by atoms with Crippen LogP contribution in [0.5, 0.6) is 0 Å². The first-order chi connectivity index (χ1) is 9.08. The number of carboxylic acid groups (broad SMARTS) is 1. The number of carbonyl (C=O) groups excluding carboxylic acids is 1. The molecule has 0 fully saturated rings. The summed E-state index contributed by atoms with van der Waals surface area (Å²) in [5, 5.41) is 8.70. The predicted molar refractivity (Wildman–Crippen MR) is 72.2 cm³/mol. The molecule has 5 nitrogen and oxygen atoms in total. The van der Waals surface area contributed by atoms with Gasteiger partial charge in [-0.3, -0.25) is 14.5 Å². The van der Waals surface area contributed by atoms with E-state index in [-0.39, 0.29) is 19.0 Å². The summed E-state index contributed by atoms with van der Waals surface area (Å²) in [5.41, 5.74) is 2.14. The van der Waals surface area contributed by atoms with Crippen molar-refractivity contribution in [3.8, 4) is 0 Å². The SMILES string of the molecule is CN(CC(=O)O)CC(=O)N1CCCc2ccccc21. The number of fused-ring (bicyclic) bond motifs is 1. The number of para-hydroxylation sites is 1. The number of hydrogen-bond acceptors (Lipinski definition) is 3. The van der Waals surface area contributed by atoms with Gasteiger partial charge in [0.2, 0.25) is 5.91 Å². The first-order valence-corrected chi connectivity index (χ1v) is 6.36. The Morgan fingerprint density at radius 1 is 1.32 bits per heavy atom. The maximum Gasteiger partial charge on any atom is 0.317 e. The van der Waals surface area contributed by atoms with Gasteiger partial charge in [0.05, 0.1) is 13.1 Å². The van der Waals surface area contributed by atoms with Crippen molar-refractivity contribution >= 4 is 17.6 Å².